The summed E-state index contributed by atoms with van der Waals surface area (Å²) in [5, 5.41) is 2.62. The Bertz CT molecular complexity index is 772. The van der Waals surface area contributed by atoms with Crippen LogP contribution in [0.15, 0.2) is 30.5 Å². The quantitative estimate of drug-likeness (QED) is 0.848. The van der Waals surface area contributed by atoms with Gasteiger partial charge in [-0.05, 0) is 43.0 Å². The molecule has 0 spiro atoms. The molecular weight excluding hydrogens is 331 g/mol. The fourth-order valence-electron chi connectivity index (χ4n) is 2.75. The third-order valence-corrected chi connectivity index (χ3v) is 4.37. The molecule has 1 aliphatic heterocycles. The first-order valence-corrected chi connectivity index (χ1v) is 8.11. The van der Waals surface area contributed by atoms with Crippen molar-refractivity contribution in [2.75, 3.05) is 18.4 Å². The fourth-order valence-corrected chi connectivity index (χ4v) is 2.75. The van der Waals surface area contributed by atoms with Gasteiger partial charge < -0.3 is 10.2 Å². The number of halogens is 3. The van der Waals surface area contributed by atoms with Crippen LogP contribution in [0.2, 0.25) is 0 Å². The van der Waals surface area contributed by atoms with Crippen LogP contribution in [0.3, 0.4) is 0 Å². The molecule has 3 rings (SSSR count). The maximum absolute atomic E-state index is 13.7. The second-order valence-electron chi connectivity index (χ2n) is 6.25. The Hall–Kier alpha value is -2.57. The maximum Gasteiger partial charge on any atom is 0.272 e. The lowest BCUT2D eigenvalue weighted by molar-refractivity contribution is 0.0691. The third kappa shape index (κ3) is 3.75. The molecule has 25 heavy (non-hydrogen) atoms. The minimum atomic E-state index is -1.54. The molecule has 1 aromatic carbocycles. The largest absolute Gasteiger partial charge is 0.352 e. The second kappa shape index (κ2) is 7.13. The first-order chi connectivity index (χ1) is 12.0. The summed E-state index contributed by atoms with van der Waals surface area (Å²) in [6, 6.07) is 5.01. The molecule has 7 heteroatoms. The zero-order chi connectivity index (χ0) is 18.0. The molecule has 1 aliphatic rings. The Morgan fingerprint density at radius 3 is 2.48 bits per heavy atom. The molecule has 1 amide bonds. The van der Waals surface area contributed by atoms with E-state index in [1.807, 2.05) is 0 Å². The lowest BCUT2D eigenvalue weighted by atomic mass is 9.99. The Morgan fingerprint density at radius 2 is 1.84 bits per heavy atom. The van der Waals surface area contributed by atoms with Crippen molar-refractivity contribution in [1.82, 2.24) is 9.88 Å². The predicted molar refractivity (Wildman–Crippen MR) is 88.1 cm³/mol. The van der Waals surface area contributed by atoms with E-state index in [2.05, 4.69) is 17.2 Å². The van der Waals surface area contributed by atoms with E-state index in [0.29, 0.717) is 30.4 Å². The van der Waals surface area contributed by atoms with E-state index >= 15 is 0 Å². The average molecular weight is 349 g/mol. The van der Waals surface area contributed by atoms with Crippen LogP contribution in [-0.2, 0) is 0 Å². The predicted octanol–water partition coefficient (Wildman–Crippen LogP) is 4.11. The van der Waals surface area contributed by atoms with Gasteiger partial charge in [0.2, 0.25) is 0 Å². The summed E-state index contributed by atoms with van der Waals surface area (Å²) < 4.78 is 39.9. The molecule has 1 aromatic heterocycles. The Morgan fingerprint density at radius 1 is 1.12 bits per heavy atom. The third-order valence-electron chi connectivity index (χ3n) is 4.37. The number of likely N-dealkylation sites (tertiary alicyclic amines) is 1. The number of pyridine rings is 1. The molecule has 1 saturated heterocycles. The lowest BCUT2D eigenvalue weighted by Crippen LogP contribution is -2.38. The van der Waals surface area contributed by atoms with Gasteiger partial charge in [-0.25, -0.2) is 18.2 Å². The van der Waals surface area contributed by atoms with Crippen molar-refractivity contribution in [2.45, 2.75) is 19.8 Å². The molecule has 4 nitrogen and oxygen atoms in total. The Labute approximate surface area is 143 Å². The number of rotatable bonds is 3. The van der Waals surface area contributed by atoms with Crippen LogP contribution >= 0.6 is 0 Å². The first-order valence-electron chi connectivity index (χ1n) is 8.11. The highest BCUT2D eigenvalue weighted by atomic mass is 19.2. The summed E-state index contributed by atoms with van der Waals surface area (Å²) in [5.74, 6) is -3.61. The number of hydrogen-bond donors (Lipinski definition) is 1. The Kier molecular flexibility index (Phi) is 4.92. The van der Waals surface area contributed by atoms with Gasteiger partial charge in [-0.2, -0.15) is 0 Å². The van der Waals surface area contributed by atoms with E-state index in [4.69, 9.17) is 0 Å². The van der Waals surface area contributed by atoms with Crippen molar-refractivity contribution in [3.63, 3.8) is 0 Å². The van der Waals surface area contributed by atoms with E-state index in [-0.39, 0.29) is 11.6 Å². The normalized spacial score (nSPS) is 15.3. The number of amides is 1. The number of anilines is 2. The van der Waals surface area contributed by atoms with Gasteiger partial charge in [0.15, 0.2) is 17.5 Å². The number of aromatic nitrogens is 1. The first kappa shape index (κ1) is 17.3. The van der Waals surface area contributed by atoms with Crippen molar-refractivity contribution >= 4 is 17.3 Å². The summed E-state index contributed by atoms with van der Waals surface area (Å²) in [6.45, 7) is 3.58. The Balaban J connectivity index is 1.70. The number of carbonyl (C=O) groups is 1. The van der Waals surface area contributed by atoms with Crippen molar-refractivity contribution in [1.29, 1.82) is 0 Å². The van der Waals surface area contributed by atoms with Crippen LogP contribution < -0.4 is 5.32 Å². The van der Waals surface area contributed by atoms with Gasteiger partial charge in [0, 0.05) is 13.1 Å². The minimum absolute atomic E-state index is 0.141. The van der Waals surface area contributed by atoms with Gasteiger partial charge in [0.05, 0.1) is 17.6 Å². The highest BCUT2D eigenvalue weighted by Crippen LogP contribution is 2.24. The van der Waals surface area contributed by atoms with Crippen molar-refractivity contribution in [3.8, 4) is 0 Å². The maximum atomic E-state index is 13.7. The molecule has 0 atom stereocenters. The lowest BCUT2D eigenvalue weighted by Gasteiger charge is -2.30. The highest BCUT2D eigenvalue weighted by molar-refractivity contribution is 5.92. The van der Waals surface area contributed by atoms with Gasteiger partial charge in [-0.3, -0.25) is 4.79 Å². The van der Waals surface area contributed by atoms with Crippen molar-refractivity contribution in [2.24, 2.45) is 5.92 Å². The molecule has 0 unspecified atom stereocenters. The van der Waals surface area contributed by atoms with Crippen LogP contribution in [0, 0.1) is 23.4 Å². The van der Waals surface area contributed by atoms with E-state index in [1.165, 1.54) is 12.3 Å². The standard InChI is InChI=1S/C18H18F3N3O/c1-11-6-8-24(9-7-11)18(25)15-4-2-12(10-22-15)23-14-5-3-13(19)16(20)17(14)21/h2-5,10-11,23H,6-9H2,1H3. The van der Waals surface area contributed by atoms with Crippen LogP contribution in [0.5, 0.6) is 0 Å². The molecule has 0 radical (unpaired) electrons. The van der Waals surface area contributed by atoms with Crippen molar-refractivity contribution < 1.29 is 18.0 Å². The summed E-state index contributed by atoms with van der Waals surface area (Å²) in [6.07, 6.45) is 3.31. The van der Waals surface area contributed by atoms with E-state index in [9.17, 15) is 18.0 Å². The number of hydrogen-bond acceptors (Lipinski definition) is 3. The van der Waals surface area contributed by atoms with Gasteiger partial charge in [0.1, 0.15) is 5.69 Å². The summed E-state index contributed by atoms with van der Waals surface area (Å²) in [4.78, 5) is 18.3. The SMILES string of the molecule is CC1CCN(C(=O)c2ccc(Nc3ccc(F)c(F)c3F)cn2)CC1. The van der Waals surface area contributed by atoms with Gasteiger partial charge in [-0.1, -0.05) is 6.92 Å². The summed E-state index contributed by atoms with van der Waals surface area (Å²) in [5.41, 5.74) is 0.462. The molecule has 1 fully saturated rings. The van der Waals surface area contributed by atoms with E-state index < -0.39 is 17.5 Å². The summed E-state index contributed by atoms with van der Waals surface area (Å²) in [7, 11) is 0. The van der Waals surface area contributed by atoms with Crippen molar-refractivity contribution in [3.05, 3.63) is 53.6 Å². The number of nitrogens with one attached hydrogen (secondary N) is 1. The molecule has 0 aliphatic carbocycles. The molecule has 2 aromatic rings. The fraction of sp³-hybridized carbons (Fsp3) is 0.333. The average Bonchev–Trinajstić information content (AvgIpc) is 2.63. The monoisotopic (exact) mass is 349 g/mol. The summed E-state index contributed by atoms with van der Waals surface area (Å²) >= 11 is 0. The molecular formula is C18H18F3N3O. The van der Waals surface area contributed by atoms with Crippen LogP contribution in [0.4, 0.5) is 24.5 Å². The number of nitrogens with zero attached hydrogens (tertiary/aromatic N) is 2. The van der Waals surface area contributed by atoms with Crippen LogP contribution in [0.1, 0.15) is 30.3 Å². The second-order valence-corrected chi connectivity index (χ2v) is 6.25. The molecule has 0 bridgehead atoms. The molecule has 0 saturated carbocycles. The van der Waals surface area contributed by atoms with Crippen LogP contribution in [-0.4, -0.2) is 28.9 Å². The minimum Gasteiger partial charge on any atom is -0.352 e. The molecule has 1 N–H and O–H groups in total. The number of piperidine rings is 1. The highest BCUT2D eigenvalue weighted by Gasteiger charge is 2.22. The zero-order valence-corrected chi connectivity index (χ0v) is 13.7. The molecule has 132 valence electrons. The zero-order valence-electron chi connectivity index (χ0n) is 13.7. The van der Waals surface area contributed by atoms with Gasteiger partial charge >= 0.3 is 0 Å². The van der Waals surface area contributed by atoms with E-state index in [1.54, 1.807) is 11.0 Å². The number of carbonyl (C=O) groups excluding carboxylic acids is 1. The van der Waals surface area contributed by atoms with E-state index in [0.717, 1.165) is 25.0 Å². The van der Waals surface area contributed by atoms with Gasteiger partial charge in [-0.15, -0.1) is 0 Å². The van der Waals surface area contributed by atoms with Gasteiger partial charge in [0.25, 0.3) is 5.91 Å². The number of benzene rings is 1. The smallest absolute Gasteiger partial charge is 0.272 e. The van der Waals surface area contributed by atoms with Crippen LogP contribution in [0.25, 0.3) is 0 Å². The topological polar surface area (TPSA) is 45.2 Å². The molecule has 2 heterocycles.